The van der Waals surface area contributed by atoms with Crippen LogP contribution in [-0.4, -0.2) is 6.04 Å². The average Bonchev–Trinajstić information content (AvgIpc) is 2.40. The molecule has 0 bridgehead atoms. The van der Waals surface area contributed by atoms with Crippen molar-refractivity contribution in [3.05, 3.63) is 35.4 Å². The minimum absolute atomic E-state index is 0.449. The third-order valence-corrected chi connectivity index (χ3v) is 3.81. The van der Waals surface area contributed by atoms with Gasteiger partial charge in [0, 0.05) is 18.6 Å². The van der Waals surface area contributed by atoms with E-state index in [-0.39, 0.29) is 0 Å². The van der Waals surface area contributed by atoms with Crippen LogP contribution in [0.15, 0.2) is 24.3 Å². The first-order chi connectivity index (χ1) is 8.29. The van der Waals surface area contributed by atoms with Crippen molar-refractivity contribution in [2.45, 2.75) is 57.7 Å². The second kappa shape index (κ2) is 6.18. The normalized spacial score (nSPS) is 19.2. The van der Waals surface area contributed by atoms with Gasteiger partial charge < -0.3 is 11.1 Å². The highest BCUT2D eigenvalue weighted by Gasteiger charge is 2.15. The minimum atomic E-state index is 0.449. The van der Waals surface area contributed by atoms with Crippen LogP contribution >= 0.6 is 0 Å². The summed E-state index contributed by atoms with van der Waals surface area (Å²) in [5.41, 5.74) is 8.19. The number of nitrogens with two attached hydrogens (primary N) is 1. The van der Waals surface area contributed by atoms with Crippen LogP contribution < -0.4 is 11.1 Å². The maximum absolute atomic E-state index is 5.61. The van der Waals surface area contributed by atoms with Crippen molar-refractivity contribution in [3.63, 3.8) is 0 Å². The number of benzene rings is 1. The summed E-state index contributed by atoms with van der Waals surface area (Å²) in [6.45, 7) is 2.89. The maximum Gasteiger partial charge on any atom is 0.0294 e. The van der Waals surface area contributed by atoms with Crippen molar-refractivity contribution in [3.8, 4) is 0 Å². The molecule has 3 N–H and O–H groups in total. The zero-order valence-corrected chi connectivity index (χ0v) is 10.8. The molecular weight excluding hydrogens is 208 g/mol. The Morgan fingerprint density at radius 2 is 1.82 bits per heavy atom. The fourth-order valence-corrected chi connectivity index (χ4v) is 2.66. The Morgan fingerprint density at radius 3 is 2.41 bits per heavy atom. The molecule has 0 spiro atoms. The molecule has 1 unspecified atom stereocenters. The average molecular weight is 232 g/mol. The van der Waals surface area contributed by atoms with Crippen LogP contribution in [0.1, 0.15) is 56.2 Å². The number of rotatable bonds is 4. The molecule has 0 saturated heterocycles. The topological polar surface area (TPSA) is 38.0 Å². The second-order valence-electron chi connectivity index (χ2n) is 5.17. The Labute approximate surface area is 105 Å². The summed E-state index contributed by atoms with van der Waals surface area (Å²) in [6, 6.07) is 9.83. The third-order valence-electron chi connectivity index (χ3n) is 3.81. The Bertz CT molecular complexity index is 325. The fraction of sp³-hybridized carbons (Fsp3) is 0.600. The van der Waals surface area contributed by atoms with Crippen molar-refractivity contribution in [2.24, 2.45) is 5.73 Å². The van der Waals surface area contributed by atoms with Crippen molar-refractivity contribution in [1.29, 1.82) is 0 Å². The highest BCUT2D eigenvalue weighted by molar-refractivity contribution is 5.24. The smallest absolute Gasteiger partial charge is 0.0294 e. The lowest BCUT2D eigenvalue weighted by molar-refractivity contribution is 0.347. The van der Waals surface area contributed by atoms with E-state index in [2.05, 4.69) is 36.5 Å². The van der Waals surface area contributed by atoms with E-state index in [1.54, 1.807) is 0 Å². The number of hydrogen-bond acceptors (Lipinski definition) is 2. The van der Waals surface area contributed by atoms with E-state index >= 15 is 0 Å². The van der Waals surface area contributed by atoms with Crippen LogP contribution in [0.4, 0.5) is 0 Å². The summed E-state index contributed by atoms with van der Waals surface area (Å²) in [4.78, 5) is 0. The molecule has 17 heavy (non-hydrogen) atoms. The quantitative estimate of drug-likeness (QED) is 0.837. The molecule has 1 aromatic carbocycles. The Kier molecular flexibility index (Phi) is 4.57. The molecule has 0 radical (unpaired) electrons. The molecule has 1 fully saturated rings. The van der Waals surface area contributed by atoms with Crippen LogP contribution in [0.5, 0.6) is 0 Å². The van der Waals surface area contributed by atoms with Gasteiger partial charge in [0.25, 0.3) is 0 Å². The molecule has 0 aromatic heterocycles. The standard InChI is InChI=1S/C15H24N2/c1-12(17-15-5-3-2-4-6-15)14-9-7-13(11-16)8-10-14/h7-10,12,15,17H,2-6,11,16H2,1H3. The lowest BCUT2D eigenvalue weighted by Crippen LogP contribution is -2.33. The SMILES string of the molecule is CC(NC1CCCCC1)c1ccc(CN)cc1. The minimum Gasteiger partial charge on any atom is -0.326 e. The Balaban J connectivity index is 1.91. The highest BCUT2D eigenvalue weighted by atomic mass is 14.9. The van der Waals surface area contributed by atoms with Crippen molar-refractivity contribution in [2.75, 3.05) is 0 Å². The van der Waals surface area contributed by atoms with Gasteiger partial charge >= 0.3 is 0 Å². The molecule has 2 heteroatoms. The molecule has 1 aliphatic rings. The predicted molar refractivity (Wildman–Crippen MR) is 72.8 cm³/mol. The molecule has 2 rings (SSSR count). The van der Waals surface area contributed by atoms with Gasteiger partial charge in [0.05, 0.1) is 0 Å². The molecule has 1 saturated carbocycles. The van der Waals surface area contributed by atoms with Crippen LogP contribution in [0.3, 0.4) is 0 Å². The monoisotopic (exact) mass is 232 g/mol. The molecule has 1 atom stereocenters. The summed E-state index contributed by atoms with van der Waals surface area (Å²) in [6.07, 6.45) is 6.86. The predicted octanol–water partition coefficient (Wildman–Crippen LogP) is 3.13. The molecule has 0 aliphatic heterocycles. The summed E-state index contributed by atoms with van der Waals surface area (Å²) in [5.74, 6) is 0. The van der Waals surface area contributed by atoms with Gasteiger partial charge in [-0.25, -0.2) is 0 Å². The summed E-state index contributed by atoms with van der Waals surface area (Å²) in [7, 11) is 0. The van der Waals surface area contributed by atoms with Gasteiger partial charge in [-0.1, -0.05) is 43.5 Å². The van der Waals surface area contributed by atoms with Crippen molar-refractivity contribution >= 4 is 0 Å². The van der Waals surface area contributed by atoms with E-state index in [9.17, 15) is 0 Å². The maximum atomic E-state index is 5.61. The Hall–Kier alpha value is -0.860. The van der Waals surface area contributed by atoms with Gasteiger partial charge in [0.1, 0.15) is 0 Å². The summed E-state index contributed by atoms with van der Waals surface area (Å²) >= 11 is 0. The van der Waals surface area contributed by atoms with E-state index in [1.165, 1.54) is 43.2 Å². The molecule has 0 heterocycles. The molecule has 1 aliphatic carbocycles. The van der Waals surface area contributed by atoms with E-state index < -0.39 is 0 Å². The van der Waals surface area contributed by atoms with E-state index in [1.807, 2.05) is 0 Å². The van der Waals surface area contributed by atoms with Gasteiger partial charge in [-0.2, -0.15) is 0 Å². The van der Waals surface area contributed by atoms with Crippen LogP contribution in [0, 0.1) is 0 Å². The van der Waals surface area contributed by atoms with Crippen LogP contribution in [0.2, 0.25) is 0 Å². The molecule has 94 valence electrons. The van der Waals surface area contributed by atoms with Gasteiger partial charge in [-0.15, -0.1) is 0 Å². The number of hydrogen-bond donors (Lipinski definition) is 2. The second-order valence-corrected chi connectivity index (χ2v) is 5.17. The largest absolute Gasteiger partial charge is 0.326 e. The highest BCUT2D eigenvalue weighted by Crippen LogP contribution is 2.21. The number of nitrogens with one attached hydrogen (secondary N) is 1. The zero-order chi connectivity index (χ0) is 12.1. The lowest BCUT2D eigenvalue weighted by Gasteiger charge is -2.27. The fourth-order valence-electron chi connectivity index (χ4n) is 2.66. The van der Waals surface area contributed by atoms with Crippen LogP contribution in [-0.2, 0) is 6.54 Å². The van der Waals surface area contributed by atoms with E-state index in [0.717, 1.165) is 0 Å². The first kappa shape index (κ1) is 12.6. The first-order valence-corrected chi connectivity index (χ1v) is 6.84. The molecule has 1 aromatic rings. The van der Waals surface area contributed by atoms with Crippen LogP contribution in [0.25, 0.3) is 0 Å². The molecule has 2 nitrogen and oxygen atoms in total. The van der Waals surface area contributed by atoms with E-state index in [4.69, 9.17) is 5.73 Å². The summed E-state index contributed by atoms with van der Waals surface area (Å²) < 4.78 is 0. The summed E-state index contributed by atoms with van der Waals surface area (Å²) in [5, 5.41) is 3.74. The first-order valence-electron chi connectivity index (χ1n) is 6.84. The van der Waals surface area contributed by atoms with Crippen molar-refractivity contribution < 1.29 is 0 Å². The zero-order valence-electron chi connectivity index (χ0n) is 10.8. The lowest BCUT2D eigenvalue weighted by atomic mass is 9.94. The van der Waals surface area contributed by atoms with Gasteiger partial charge in [0.2, 0.25) is 0 Å². The van der Waals surface area contributed by atoms with Gasteiger partial charge in [-0.3, -0.25) is 0 Å². The Morgan fingerprint density at radius 1 is 1.18 bits per heavy atom. The van der Waals surface area contributed by atoms with Crippen molar-refractivity contribution in [1.82, 2.24) is 5.32 Å². The van der Waals surface area contributed by atoms with E-state index in [0.29, 0.717) is 18.6 Å². The third kappa shape index (κ3) is 3.55. The van der Waals surface area contributed by atoms with Gasteiger partial charge in [-0.05, 0) is 30.9 Å². The molecule has 0 amide bonds. The van der Waals surface area contributed by atoms with Gasteiger partial charge in [0.15, 0.2) is 0 Å². The molecular formula is C15H24N2.